The van der Waals surface area contributed by atoms with E-state index in [2.05, 4.69) is 30.7 Å². The zero-order valence-electron chi connectivity index (χ0n) is 11.2. The fourth-order valence-electron chi connectivity index (χ4n) is 1.74. The first-order valence-electron chi connectivity index (χ1n) is 5.99. The molecular formula is C11H16N6O2S. The lowest BCUT2D eigenvalue weighted by molar-refractivity contribution is 0.578. The van der Waals surface area contributed by atoms with Crippen LogP contribution >= 0.6 is 0 Å². The van der Waals surface area contributed by atoms with Crippen LogP contribution in [0.15, 0.2) is 23.1 Å². The number of aromatic amines is 1. The Morgan fingerprint density at radius 3 is 2.75 bits per heavy atom. The molecule has 20 heavy (non-hydrogen) atoms. The lowest BCUT2D eigenvalue weighted by Crippen LogP contribution is -2.25. The van der Waals surface area contributed by atoms with Crippen molar-refractivity contribution in [3.05, 3.63) is 35.2 Å². The molecule has 9 heteroatoms. The zero-order valence-corrected chi connectivity index (χ0v) is 12.0. The van der Waals surface area contributed by atoms with E-state index in [1.807, 2.05) is 13.1 Å². The third-order valence-electron chi connectivity index (χ3n) is 2.73. The van der Waals surface area contributed by atoms with Crippen LogP contribution in [0, 0.1) is 6.92 Å². The number of nitrogens with one attached hydrogen (secondary N) is 3. The Morgan fingerprint density at radius 1 is 1.30 bits per heavy atom. The summed E-state index contributed by atoms with van der Waals surface area (Å²) in [7, 11) is -1.80. The maximum atomic E-state index is 12.3. The minimum Gasteiger partial charge on any atom is -0.316 e. The summed E-state index contributed by atoms with van der Waals surface area (Å²) in [5, 5.41) is 16.0. The van der Waals surface area contributed by atoms with Crippen molar-refractivity contribution in [1.82, 2.24) is 30.7 Å². The van der Waals surface area contributed by atoms with Gasteiger partial charge in [0.1, 0.15) is 0 Å². The largest absolute Gasteiger partial charge is 0.316 e. The first-order chi connectivity index (χ1) is 9.53. The lowest BCUT2D eigenvalue weighted by atomic mass is 10.1. The molecule has 0 radical (unpaired) electrons. The molecule has 0 fully saturated rings. The van der Waals surface area contributed by atoms with Gasteiger partial charge in [0.25, 0.3) is 0 Å². The molecule has 0 saturated heterocycles. The van der Waals surface area contributed by atoms with Crippen LogP contribution in [0.4, 0.5) is 0 Å². The van der Waals surface area contributed by atoms with Gasteiger partial charge in [0.15, 0.2) is 5.82 Å². The SMILES string of the molecule is CNCc1ccc(C)c(S(=O)(=O)NCc2nn[nH]n2)c1. The fraction of sp³-hybridized carbons (Fsp3) is 0.364. The van der Waals surface area contributed by atoms with Crippen molar-refractivity contribution in [2.45, 2.75) is 24.9 Å². The predicted molar refractivity (Wildman–Crippen MR) is 72.1 cm³/mol. The van der Waals surface area contributed by atoms with Crippen molar-refractivity contribution in [3.63, 3.8) is 0 Å². The van der Waals surface area contributed by atoms with E-state index < -0.39 is 10.0 Å². The summed E-state index contributed by atoms with van der Waals surface area (Å²) in [5.74, 6) is 0.289. The van der Waals surface area contributed by atoms with Gasteiger partial charge in [0, 0.05) is 6.54 Å². The van der Waals surface area contributed by atoms with Crippen LogP contribution in [0.25, 0.3) is 0 Å². The summed E-state index contributed by atoms with van der Waals surface area (Å²) in [6.45, 7) is 2.36. The second kappa shape index (κ2) is 6.07. The molecule has 0 amide bonds. The van der Waals surface area contributed by atoms with Crippen molar-refractivity contribution in [2.75, 3.05) is 7.05 Å². The molecule has 0 bridgehead atoms. The van der Waals surface area contributed by atoms with Crippen LogP contribution < -0.4 is 10.0 Å². The average Bonchev–Trinajstić information content (AvgIpc) is 2.92. The van der Waals surface area contributed by atoms with E-state index in [4.69, 9.17) is 0 Å². The number of hydrogen-bond acceptors (Lipinski definition) is 6. The number of nitrogens with zero attached hydrogens (tertiary/aromatic N) is 3. The first-order valence-corrected chi connectivity index (χ1v) is 7.47. The molecule has 1 aromatic heterocycles. The molecular weight excluding hydrogens is 280 g/mol. The summed E-state index contributed by atoms with van der Waals surface area (Å²) in [4.78, 5) is 0.258. The Balaban J connectivity index is 2.21. The van der Waals surface area contributed by atoms with Gasteiger partial charge in [-0.15, -0.1) is 10.2 Å². The van der Waals surface area contributed by atoms with E-state index in [0.717, 1.165) is 5.56 Å². The number of sulfonamides is 1. The van der Waals surface area contributed by atoms with Crippen molar-refractivity contribution in [3.8, 4) is 0 Å². The standard InChI is InChI=1S/C11H16N6O2S/c1-8-3-4-9(6-12-2)5-10(8)20(18,19)13-7-11-14-16-17-15-11/h3-5,12-13H,6-7H2,1-2H3,(H,14,15,16,17). The molecule has 0 unspecified atom stereocenters. The Hall–Kier alpha value is -1.84. The molecule has 0 atom stereocenters. The number of tetrazole rings is 1. The highest BCUT2D eigenvalue weighted by molar-refractivity contribution is 7.89. The number of H-pyrrole nitrogens is 1. The van der Waals surface area contributed by atoms with Crippen molar-refractivity contribution in [2.24, 2.45) is 0 Å². The first kappa shape index (κ1) is 14.6. The second-order valence-electron chi connectivity index (χ2n) is 4.28. The van der Waals surface area contributed by atoms with Gasteiger partial charge in [-0.1, -0.05) is 17.3 Å². The van der Waals surface area contributed by atoms with Crippen molar-refractivity contribution < 1.29 is 8.42 Å². The molecule has 2 rings (SSSR count). The average molecular weight is 296 g/mol. The third kappa shape index (κ3) is 3.38. The Bertz CT molecular complexity index is 668. The van der Waals surface area contributed by atoms with Crippen LogP contribution in [-0.2, 0) is 23.1 Å². The molecule has 8 nitrogen and oxygen atoms in total. The normalized spacial score (nSPS) is 11.7. The molecule has 3 N–H and O–H groups in total. The number of aryl methyl sites for hydroxylation is 1. The second-order valence-corrected chi connectivity index (χ2v) is 6.02. The van der Waals surface area contributed by atoms with E-state index in [9.17, 15) is 8.42 Å². The summed E-state index contributed by atoms with van der Waals surface area (Å²) < 4.78 is 27.0. The predicted octanol–water partition coefficient (Wildman–Crippen LogP) is -0.294. The van der Waals surface area contributed by atoms with Crippen LogP contribution in [0.2, 0.25) is 0 Å². The molecule has 1 aromatic carbocycles. The summed E-state index contributed by atoms with van der Waals surface area (Å²) in [6.07, 6.45) is 0. The highest BCUT2D eigenvalue weighted by Gasteiger charge is 2.17. The highest BCUT2D eigenvalue weighted by Crippen LogP contribution is 2.17. The van der Waals surface area contributed by atoms with Gasteiger partial charge < -0.3 is 5.32 Å². The number of rotatable bonds is 6. The van der Waals surface area contributed by atoms with Crippen LogP contribution in [-0.4, -0.2) is 36.1 Å². The topological polar surface area (TPSA) is 113 Å². The smallest absolute Gasteiger partial charge is 0.241 e. The van der Waals surface area contributed by atoms with E-state index in [1.165, 1.54) is 0 Å². The van der Waals surface area contributed by atoms with Crippen LogP contribution in [0.1, 0.15) is 17.0 Å². The fourth-order valence-corrected chi connectivity index (χ4v) is 3.02. The number of aromatic nitrogens is 4. The Labute approximate surface area is 117 Å². The Kier molecular flexibility index (Phi) is 4.42. The van der Waals surface area contributed by atoms with E-state index >= 15 is 0 Å². The van der Waals surface area contributed by atoms with Gasteiger partial charge in [-0.3, -0.25) is 0 Å². The quantitative estimate of drug-likeness (QED) is 0.675. The van der Waals surface area contributed by atoms with Gasteiger partial charge >= 0.3 is 0 Å². The minimum atomic E-state index is -3.61. The van der Waals surface area contributed by atoms with Gasteiger partial charge in [0.2, 0.25) is 10.0 Å². The maximum absolute atomic E-state index is 12.3. The molecule has 1 heterocycles. The van der Waals surface area contributed by atoms with Gasteiger partial charge in [-0.05, 0) is 31.2 Å². The van der Waals surface area contributed by atoms with Gasteiger partial charge in [-0.2, -0.15) is 5.21 Å². The minimum absolute atomic E-state index is 0.00543. The maximum Gasteiger partial charge on any atom is 0.241 e. The molecule has 2 aromatic rings. The van der Waals surface area contributed by atoms with E-state index in [1.54, 1.807) is 19.1 Å². The summed E-state index contributed by atoms with van der Waals surface area (Å²) in [6, 6.07) is 5.34. The van der Waals surface area contributed by atoms with E-state index in [0.29, 0.717) is 12.1 Å². The molecule has 0 spiro atoms. The monoisotopic (exact) mass is 296 g/mol. The molecule has 0 aliphatic heterocycles. The zero-order chi connectivity index (χ0) is 14.6. The highest BCUT2D eigenvalue weighted by atomic mass is 32.2. The molecule has 108 valence electrons. The summed E-state index contributed by atoms with van der Waals surface area (Å²) in [5.41, 5.74) is 1.59. The molecule has 0 aliphatic rings. The third-order valence-corrected chi connectivity index (χ3v) is 4.28. The van der Waals surface area contributed by atoms with Crippen LogP contribution in [0.5, 0.6) is 0 Å². The lowest BCUT2D eigenvalue weighted by Gasteiger charge is -2.10. The summed E-state index contributed by atoms with van der Waals surface area (Å²) >= 11 is 0. The molecule has 0 aliphatic carbocycles. The van der Waals surface area contributed by atoms with Crippen molar-refractivity contribution in [1.29, 1.82) is 0 Å². The number of benzene rings is 1. The molecule has 0 saturated carbocycles. The number of hydrogen-bond donors (Lipinski definition) is 3. The van der Waals surface area contributed by atoms with E-state index in [-0.39, 0.29) is 17.3 Å². The van der Waals surface area contributed by atoms with Crippen LogP contribution in [0.3, 0.4) is 0 Å². The van der Waals surface area contributed by atoms with Crippen molar-refractivity contribution >= 4 is 10.0 Å². The van der Waals surface area contributed by atoms with Gasteiger partial charge in [0.05, 0.1) is 11.4 Å². The van der Waals surface area contributed by atoms with Gasteiger partial charge in [-0.25, -0.2) is 13.1 Å². The Morgan fingerprint density at radius 2 is 2.10 bits per heavy atom.